The lowest BCUT2D eigenvalue weighted by Gasteiger charge is -2.24. The van der Waals surface area contributed by atoms with Gasteiger partial charge in [-0.25, -0.2) is 4.39 Å². The summed E-state index contributed by atoms with van der Waals surface area (Å²) >= 11 is 0. The van der Waals surface area contributed by atoms with E-state index in [1.807, 2.05) is 10.2 Å². The molecule has 2 rings (SSSR count). The number of rotatable bonds is 4. The molecule has 1 aromatic carbocycles. The van der Waals surface area contributed by atoms with Crippen LogP contribution in [-0.4, -0.2) is 36.1 Å². The van der Waals surface area contributed by atoms with Gasteiger partial charge in [-0.3, -0.25) is 9.69 Å². The second kappa shape index (κ2) is 6.43. The third-order valence-electron chi connectivity index (χ3n) is 3.43. The number of amides is 1. The minimum absolute atomic E-state index is 0.348. The van der Waals surface area contributed by atoms with E-state index in [9.17, 15) is 22.4 Å². The lowest BCUT2D eigenvalue weighted by Crippen LogP contribution is -2.45. The molecule has 1 saturated heterocycles. The molecular weight excluding hydrogens is 288 g/mol. The van der Waals surface area contributed by atoms with Gasteiger partial charge in [-0.1, -0.05) is 12.1 Å². The number of carbonyl (C=O) groups is 1. The number of hydrogen-bond acceptors (Lipinski definition) is 2. The number of nitrogens with one attached hydrogen (secondary N) is 1. The van der Waals surface area contributed by atoms with Crippen LogP contribution in [0.1, 0.15) is 18.4 Å². The Morgan fingerprint density at radius 2 is 1.95 bits per heavy atom. The van der Waals surface area contributed by atoms with Crippen molar-refractivity contribution >= 4 is 5.91 Å². The van der Waals surface area contributed by atoms with E-state index in [2.05, 4.69) is 0 Å². The largest absolute Gasteiger partial charge is 0.405 e. The van der Waals surface area contributed by atoms with Crippen LogP contribution in [0.2, 0.25) is 0 Å². The molecule has 0 aliphatic carbocycles. The zero-order valence-electron chi connectivity index (χ0n) is 11.3. The molecule has 0 radical (unpaired) electrons. The lowest BCUT2D eigenvalue weighted by atomic mass is 10.1. The number of likely N-dealkylation sites (tertiary alicyclic amines) is 1. The van der Waals surface area contributed by atoms with Crippen LogP contribution in [0.15, 0.2) is 24.3 Å². The first-order valence-corrected chi connectivity index (χ1v) is 6.68. The van der Waals surface area contributed by atoms with Crippen molar-refractivity contribution in [2.45, 2.75) is 31.6 Å². The van der Waals surface area contributed by atoms with Crippen LogP contribution in [-0.2, 0) is 11.3 Å². The molecule has 1 atom stereocenters. The number of halogens is 4. The van der Waals surface area contributed by atoms with Gasteiger partial charge >= 0.3 is 6.18 Å². The summed E-state index contributed by atoms with van der Waals surface area (Å²) < 4.78 is 49.2. The van der Waals surface area contributed by atoms with Gasteiger partial charge < -0.3 is 5.32 Å². The van der Waals surface area contributed by atoms with Crippen molar-refractivity contribution in [3.63, 3.8) is 0 Å². The Hall–Kier alpha value is -1.63. The number of nitrogens with zero attached hydrogens (tertiary/aromatic N) is 1. The van der Waals surface area contributed by atoms with E-state index in [0.29, 0.717) is 19.5 Å². The van der Waals surface area contributed by atoms with Gasteiger partial charge in [-0.15, -0.1) is 0 Å². The van der Waals surface area contributed by atoms with E-state index in [4.69, 9.17) is 0 Å². The van der Waals surface area contributed by atoms with Crippen molar-refractivity contribution in [3.8, 4) is 0 Å². The first-order valence-electron chi connectivity index (χ1n) is 6.68. The van der Waals surface area contributed by atoms with Crippen molar-refractivity contribution in [2.24, 2.45) is 0 Å². The van der Waals surface area contributed by atoms with E-state index in [0.717, 1.165) is 12.0 Å². The van der Waals surface area contributed by atoms with Gasteiger partial charge in [0.15, 0.2) is 0 Å². The summed E-state index contributed by atoms with van der Waals surface area (Å²) in [6, 6.07) is 5.31. The second-order valence-electron chi connectivity index (χ2n) is 5.09. The van der Waals surface area contributed by atoms with Gasteiger partial charge in [0.2, 0.25) is 5.91 Å². The SMILES string of the molecule is O=C(NCC(F)(F)F)[C@@H]1CCCN1Cc1ccc(F)cc1. The molecule has 1 heterocycles. The van der Waals surface area contributed by atoms with Crippen LogP contribution in [0.4, 0.5) is 17.6 Å². The third kappa shape index (κ3) is 4.70. The molecule has 21 heavy (non-hydrogen) atoms. The quantitative estimate of drug-likeness (QED) is 0.867. The highest BCUT2D eigenvalue weighted by Crippen LogP contribution is 2.21. The molecule has 1 aliphatic heterocycles. The molecular formula is C14H16F4N2O. The van der Waals surface area contributed by atoms with Crippen molar-refractivity contribution in [2.75, 3.05) is 13.1 Å². The zero-order valence-corrected chi connectivity index (χ0v) is 11.3. The maximum atomic E-state index is 12.8. The Balaban J connectivity index is 1.93. The van der Waals surface area contributed by atoms with Crippen LogP contribution in [0.25, 0.3) is 0 Å². The molecule has 1 N–H and O–H groups in total. The van der Waals surface area contributed by atoms with Crippen LogP contribution < -0.4 is 5.32 Å². The van der Waals surface area contributed by atoms with Crippen LogP contribution >= 0.6 is 0 Å². The maximum Gasteiger partial charge on any atom is 0.405 e. The molecule has 0 aromatic heterocycles. The molecule has 1 aliphatic rings. The summed E-state index contributed by atoms with van der Waals surface area (Å²) in [6.07, 6.45) is -3.12. The highest BCUT2D eigenvalue weighted by atomic mass is 19.4. The molecule has 116 valence electrons. The van der Waals surface area contributed by atoms with Gasteiger partial charge in [0.25, 0.3) is 0 Å². The molecule has 0 saturated carbocycles. The van der Waals surface area contributed by atoms with Gasteiger partial charge in [-0.2, -0.15) is 13.2 Å². The Bertz CT molecular complexity index is 487. The zero-order chi connectivity index (χ0) is 15.5. The molecule has 3 nitrogen and oxygen atoms in total. The summed E-state index contributed by atoms with van der Waals surface area (Å²) in [4.78, 5) is 13.7. The summed E-state index contributed by atoms with van der Waals surface area (Å²) in [5, 5.41) is 1.92. The molecule has 7 heteroatoms. The van der Waals surface area contributed by atoms with Crippen molar-refractivity contribution in [1.82, 2.24) is 10.2 Å². The molecule has 0 bridgehead atoms. The van der Waals surface area contributed by atoms with Gasteiger partial charge in [0, 0.05) is 6.54 Å². The average Bonchev–Trinajstić information content (AvgIpc) is 2.86. The number of alkyl halides is 3. The van der Waals surface area contributed by atoms with Crippen molar-refractivity contribution in [3.05, 3.63) is 35.6 Å². The number of hydrogen-bond donors (Lipinski definition) is 1. The van der Waals surface area contributed by atoms with E-state index >= 15 is 0 Å². The summed E-state index contributed by atoms with van der Waals surface area (Å²) in [5.74, 6) is -0.952. The van der Waals surface area contributed by atoms with E-state index in [1.165, 1.54) is 12.1 Å². The standard InChI is InChI=1S/C14H16F4N2O/c15-11-5-3-10(4-6-11)8-20-7-1-2-12(20)13(21)19-9-14(16,17)18/h3-6,12H,1-2,7-9H2,(H,19,21)/t12-/m0/s1. The highest BCUT2D eigenvalue weighted by molar-refractivity contribution is 5.82. The van der Waals surface area contributed by atoms with Crippen molar-refractivity contribution in [1.29, 1.82) is 0 Å². The Labute approximate surface area is 119 Å². The number of carbonyl (C=O) groups excluding carboxylic acids is 1. The van der Waals surface area contributed by atoms with Crippen LogP contribution in [0.5, 0.6) is 0 Å². The smallest absolute Gasteiger partial charge is 0.346 e. The van der Waals surface area contributed by atoms with Crippen molar-refractivity contribution < 1.29 is 22.4 Å². The van der Waals surface area contributed by atoms with Gasteiger partial charge in [0.05, 0.1) is 6.04 Å². The molecule has 1 aromatic rings. The van der Waals surface area contributed by atoms with Crippen LogP contribution in [0.3, 0.4) is 0 Å². The first kappa shape index (κ1) is 15.8. The normalized spacial score (nSPS) is 19.7. The summed E-state index contributed by atoms with van der Waals surface area (Å²) in [6.45, 7) is -0.251. The lowest BCUT2D eigenvalue weighted by molar-refractivity contribution is -0.141. The van der Waals surface area contributed by atoms with E-state index in [1.54, 1.807) is 12.1 Å². The average molecular weight is 304 g/mol. The first-order chi connectivity index (χ1) is 9.85. The molecule has 0 spiro atoms. The predicted molar refractivity (Wildman–Crippen MR) is 68.9 cm³/mol. The second-order valence-corrected chi connectivity index (χ2v) is 5.09. The topological polar surface area (TPSA) is 32.3 Å². The predicted octanol–water partition coefficient (Wildman–Crippen LogP) is 2.47. The minimum Gasteiger partial charge on any atom is -0.346 e. The Morgan fingerprint density at radius 3 is 2.57 bits per heavy atom. The summed E-state index contributed by atoms with van der Waals surface area (Å²) in [5.41, 5.74) is 0.826. The fourth-order valence-corrected chi connectivity index (χ4v) is 2.44. The number of benzene rings is 1. The molecule has 1 fully saturated rings. The highest BCUT2D eigenvalue weighted by Gasteiger charge is 2.33. The Kier molecular flexibility index (Phi) is 4.82. The van der Waals surface area contributed by atoms with Gasteiger partial charge in [0.1, 0.15) is 12.4 Å². The summed E-state index contributed by atoms with van der Waals surface area (Å²) in [7, 11) is 0. The maximum absolute atomic E-state index is 12.8. The van der Waals surface area contributed by atoms with E-state index < -0.39 is 24.7 Å². The fraction of sp³-hybridized carbons (Fsp3) is 0.500. The third-order valence-corrected chi connectivity index (χ3v) is 3.43. The monoisotopic (exact) mass is 304 g/mol. The van der Waals surface area contributed by atoms with E-state index in [-0.39, 0.29) is 5.82 Å². The molecule has 1 amide bonds. The van der Waals surface area contributed by atoms with Gasteiger partial charge in [-0.05, 0) is 37.1 Å². The minimum atomic E-state index is -4.41. The molecule has 0 unspecified atom stereocenters. The van der Waals surface area contributed by atoms with Crippen LogP contribution in [0, 0.1) is 5.82 Å². The Morgan fingerprint density at radius 1 is 1.29 bits per heavy atom. The fourth-order valence-electron chi connectivity index (χ4n) is 2.44.